The number of aliphatic hydroxyl groups is 5. The molecular formula is C43H56O13. The van der Waals surface area contributed by atoms with E-state index in [0.717, 1.165) is 0 Å². The molecule has 5 N–H and O–H groups in total. The first-order valence-corrected chi connectivity index (χ1v) is 20.5. The molecule has 4 saturated heterocycles. The van der Waals surface area contributed by atoms with E-state index in [2.05, 4.69) is 6.92 Å². The quantitative estimate of drug-likeness (QED) is 0.217. The minimum atomic E-state index is -2.18. The Hall–Kier alpha value is -2.72. The van der Waals surface area contributed by atoms with Crippen molar-refractivity contribution in [3.63, 3.8) is 0 Å². The minimum Gasteiger partial charge on any atom is -0.458 e. The molecular weight excluding hydrogens is 724 g/mol. The van der Waals surface area contributed by atoms with Crippen molar-refractivity contribution in [2.24, 2.45) is 41.4 Å². The number of benzene rings is 1. The SMILES string of the molecule is CC(C)CC(=O)O[C@@H]1/C=C\C=C\C(=O)O[C@H]2CC[C@@H]3[C@]2(O)[C@H](O)[C@@]2(CO)O[C@H]2[C@H]2[C@H]4O[C@]5(c6ccccc6)O[C@@H]([C@@H](C)[C@@]23O5)[C@@]4(O)[C@](C)(O)C[C@H]2CC[C@H]1[C@H]2C. The third-order valence-electron chi connectivity index (χ3n) is 15.4. The van der Waals surface area contributed by atoms with Crippen molar-refractivity contribution in [1.82, 2.24) is 0 Å². The molecule has 1 spiro atoms. The van der Waals surface area contributed by atoms with E-state index in [4.69, 9.17) is 28.4 Å². The summed E-state index contributed by atoms with van der Waals surface area (Å²) >= 11 is 0. The largest absolute Gasteiger partial charge is 0.458 e. The molecule has 13 heteroatoms. The van der Waals surface area contributed by atoms with Gasteiger partial charge in [-0.1, -0.05) is 70.2 Å². The van der Waals surface area contributed by atoms with Crippen molar-refractivity contribution in [2.75, 3.05) is 6.61 Å². The van der Waals surface area contributed by atoms with Crippen molar-refractivity contribution < 1.29 is 63.5 Å². The van der Waals surface area contributed by atoms with E-state index in [9.17, 15) is 35.1 Å². The second kappa shape index (κ2) is 12.9. The predicted octanol–water partition coefficient (Wildman–Crippen LogP) is 2.79. The first-order chi connectivity index (χ1) is 26.5. The summed E-state index contributed by atoms with van der Waals surface area (Å²) in [5.74, 6) is -5.74. The van der Waals surface area contributed by atoms with Gasteiger partial charge in [-0.2, -0.15) is 0 Å². The maximum absolute atomic E-state index is 13.5. The van der Waals surface area contributed by atoms with Gasteiger partial charge in [0.2, 0.25) is 0 Å². The lowest BCUT2D eigenvalue weighted by atomic mass is 9.49. The van der Waals surface area contributed by atoms with Crippen LogP contribution in [0, 0.1) is 41.4 Å². The van der Waals surface area contributed by atoms with E-state index in [1.807, 2.05) is 39.0 Å². The zero-order valence-electron chi connectivity index (χ0n) is 32.7. The van der Waals surface area contributed by atoms with Crippen LogP contribution in [0.25, 0.3) is 0 Å². The highest BCUT2D eigenvalue weighted by atomic mass is 16.9. The molecule has 56 heavy (non-hydrogen) atoms. The minimum absolute atomic E-state index is 0.0587. The molecule has 5 heterocycles. The molecule has 306 valence electrons. The third kappa shape index (κ3) is 5.05. The fraction of sp³-hybridized carbons (Fsp3) is 0.721. The molecule has 8 fully saturated rings. The predicted molar refractivity (Wildman–Crippen MR) is 196 cm³/mol. The molecule has 10 bridgehead atoms. The number of epoxide rings is 1. The number of esters is 2. The van der Waals surface area contributed by atoms with E-state index in [0.29, 0.717) is 18.4 Å². The van der Waals surface area contributed by atoms with Crippen LogP contribution in [0.2, 0.25) is 0 Å². The Balaban J connectivity index is 1.21. The number of aliphatic hydroxyl groups excluding tert-OH is 2. The number of fused-ring (bicyclic) bond motifs is 3. The number of ether oxygens (including phenoxy) is 6. The monoisotopic (exact) mass is 780 g/mol. The number of hydrogen-bond acceptors (Lipinski definition) is 13. The van der Waals surface area contributed by atoms with Crippen LogP contribution in [0.1, 0.15) is 78.7 Å². The Bertz CT molecular complexity index is 1800. The smallest absolute Gasteiger partial charge is 0.331 e. The van der Waals surface area contributed by atoms with Crippen LogP contribution >= 0.6 is 0 Å². The lowest BCUT2D eigenvalue weighted by molar-refractivity contribution is -0.595. The summed E-state index contributed by atoms with van der Waals surface area (Å²) in [6.07, 6.45) is 1.39. The molecule has 0 aromatic heterocycles. The molecule has 13 nitrogen and oxygen atoms in total. The maximum atomic E-state index is 13.5. The molecule has 0 unspecified atom stereocenters. The molecule has 5 aliphatic heterocycles. The van der Waals surface area contributed by atoms with Gasteiger partial charge < -0.3 is 54.0 Å². The highest BCUT2D eigenvalue weighted by Crippen LogP contribution is 2.74. The van der Waals surface area contributed by atoms with Gasteiger partial charge in [0.25, 0.3) is 0 Å². The van der Waals surface area contributed by atoms with Gasteiger partial charge in [0, 0.05) is 41.7 Å². The molecule has 1 aromatic carbocycles. The Kier molecular flexibility index (Phi) is 8.93. The van der Waals surface area contributed by atoms with E-state index in [1.165, 1.54) is 12.2 Å². The third-order valence-corrected chi connectivity index (χ3v) is 15.4. The fourth-order valence-electron chi connectivity index (χ4n) is 12.7. The average Bonchev–Trinajstić information content (AvgIpc) is 3.66. The molecule has 0 amide bonds. The fourth-order valence-corrected chi connectivity index (χ4v) is 12.7. The van der Waals surface area contributed by atoms with Crippen molar-refractivity contribution in [3.05, 3.63) is 60.2 Å². The van der Waals surface area contributed by atoms with Gasteiger partial charge in [0.05, 0.1) is 17.8 Å². The van der Waals surface area contributed by atoms with Crippen LogP contribution in [0.5, 0.6) is 0 Å². The number of carbonyl (C=O) groups excluding carboxylic acids is 2. The van der Waals surface area contributed by atoms with Crippen molar-refractivity contribution in [3.8, 4) is 0 Å². The maximum Gasteiger partial charge on any atom is 0.331 e. The lowest BCUT2D eigenvalue weighted by Crippen LogP contribution is -2.89. The first-order valence-electron chi connectivity index (χ1n) is 20.5. The van der Waals surface area contributed by atoms with E-state index in [-0.39, 0.29) is 55.3 Å². The zero-order chi connectivity index (χ0) is 39.8. The normalized spacial score (nSPS) is 53.8. The van der Waals surface area contributed by atoms with Crippen LogP contribution in [0.4, 0.5) is 0 Å². The van der Waals surface area contributed by atoms with Crippen LogP contribution in [0.15, 0.2) is 54.6 Å². The van der Waals surface area contributed by atoms with Gasteiger partial charge in [0.1, 0.15) is 53.4 Å². The van der Waals surface area contributed by atoms with Crippen molar-refractivity contribution in [2.45, 2.75) is 144 Å². The van der Waals surface area contributed by atoms with Crippen molar-refractivity contribution >= 4 is 11.9 Å². The van der Waals surface area contributed by atoms with Gasteiger partial charge in [-0.15, -0.1) is 0 Å². The van der Waals surface area contributed by atoms with Gasteiger partial charge >= 0.3 is 17.9 Å². The number of carbonyl (C=O) groups is 2. The topological polar surface area (TPSA) is 194 Å². The standard InChI is InChI=1S/C43H56O13/c1-22(2)19-32(46)51-28-13-9-10-14-31(45)52-30-18-17-29-40(30,49)37(47)39(21-44)35(53-39)33-36-42(50,38(5,48)20-25-15-16-27(28)23(25)3)34-24(4)41(29,33)56-43(54-34,55-36)26-11-7-6-8-12-26/h6-14,22-25,27-30,33-37,44,47-50H,15-21H2,1-5H3/b13-9-,14-10+/t23-,24+,25+,27-,28+,29+,30-,33-,34-,35-,36+,37+,38+,39-,40+,41-,42-,43-/m0/s1. The van der Waals surface area contributed by atoms with E-state index in [1.54, 1.807) is 31.2 Å². The second-order valence-electron chi connectivity index (χ2n) is 18.7. The lowest BCUT2D eigenvalue weighted by Gasteiger charge is -2.74. The molecule has 4 saturated carbocycles. The highest BCUT2D eigenvalue weighted by Gasteiger charge is 2.90. The Labute approximate surface area is 326 Å². The highest BCUT2D eigenvalue weighted by molar-refractivity contribution is 5.82. The number of hydrogen-bond donors (Lipinski definition) is 5. The molecule has 1 aromatic rings. The van der Waals surface area contributed by atoms with Gasteiger partial charge in [-0.05, 0) is 62.9 Å². The average molecular weight is 781 g/mol. The molecule has 18 atom stereocenters. The molecule has 10 rings (SSSR count). The summed E-state index contributed by atoms with van der Waals surface area (Å²) < 4.78 is 39.3. The first kappa shape index (κ1) is 38.8. The Morgan fingerprint density at radius 1 is 0.964 bits per heavy atom. The summed E-state index contributed by atoms with van der Waals surface area (Å²) in [6.45, 7) is 8.76. The van der Waals surface area contributed by atoms with E-state index >= 15 is 0 Å². The second-order valence-corrected chi connectivity index (χ2v) is 18.7. The molecule has 4 aliphatic carbocycles. The van der Waals surface area contributed by atoms with Gasteiger partial charge in [0.15, 0.2) is 0 Å². The molecule has 9 aliphatic rings. The van der Waals surface area contributed by atoms with Crippen LogP contribution in [-0.2, 0) is 44.0 Å². The zero-order valence-corrected chi connectivity index (χ0v) is 32.7. The van der Waals surface area contributed by atoms with Crippen molar-refractivity contribution in [1.29, 1.82) is 0 Å². The summed E-state index contributed by atoms with van der Waals surface area (Å²) in [6, 6.07) is 9.03. The van der Waals surface area contributed by atoms with E-state index < -0.39 is 101 Å². The Morgan fingerprint density at radius 2 is 1.70 bits per heavy atom. The van der Waals surface area contributed by atoms with Crippen LogP contribution in [-0.4, -0.2) is 109 Å². The van der Waals surface area contributed by atoms with Crippen LogP contribution in [0.3, 0.4) is 0 Å². The molecule has 0 radical (unpaired) electrons. The van der Waals surface area contributed by atoms with Gasteiger partial charge in [-0.25, -0.2) is 4.79 Å². The summed E-state index contributed by atoms with van der Waals surface area (Å²) in [4.78, 5) is 26.6. The number of allylic oxidation sites excluding steroid dienone is 2. The van der Waals surface area contributed by atoms with Gasteiger partial charge in [-0.3, -0.25) is 4.79 Å². The van der Waals surface area contributed by atoms with Crippen LogP contribution < -0.4 is 0 Å². The summed E-state index contributed by atoms with van der Waals surface area (Å²) in [7, 11) is 0. The summed E-state index contributed by atoms with van der Waals surface area (Å²) in [5.41, 5.74) is -8.74. The number of rotatable bonds is 5. The Morgan fingerprint density at radius 3 is 2.41 bits per heavy atom. The summed E-state index contributed by atoms with van der Waals surface area (Å²) in [5, 5.41) is 62.8.